The van der Waals surface area contributed by atoms with Gasteiger partial charge in [-0.2, -0.15) is 0 Å². The molecule has 5 heteroatoms. The van der Waals surface area contributed by atoms with Gasteiger partial charge in [0.1, 0.15) is 0 Å². The lowest BCUT2D eigenvalue weighted by Gasteiger charge is -2.01. The third kappa shape index (κ3) is 6.13. The lowest BCUT2D eigenvalue weighted by atomic mass is 10.4. The summed E-state index contributed by atoms with van der Waals surface area (Å²) in [7, 11) is -2.42. The van der Waals surface area contributed by atoms with Crippen molar-refractivity contribution < 1.29 is 19.0 Å². The molecular weight excluding hydrogens is 179 g/mol. The van der Waals surface area contributed by atoms with E-state index in [2.05, 4.69) is 11.3 Å². The molecular formula is C7H13O4P. The summed E-state index contributed by atoms with van der Waals surface area (Å²) in [6.07, 6.45) is 0.626. The van der Waals surface area contributed by atoms with Crippen LogP contribution in [0.25, 0.3) is 0 Å². The Hall–Kier alpha value is -0.600. The van der Waals surface area contributed by atoms with E-state index < -0.39 is 14.0 Å². The molecule has 1 N–H and O–H groups in total. The first-order valence-corrected chi connectivity index (χ1v) is 5.14. The number of carbonyl (C=O) groups is 1. The molecule has 70 valence electrons. The van der Waals surface area contributed by atoms with Crippen LogP contribution in [0.4, 0.5) is 0 Å². The van der Waals surface area contributed by atoms with E-state index in [-0.39, 0.29) is 12.8 Å². The van der Waals surface area contributed by atoms with Crippen LogP contribution in [0.2, 0.25) is 0 Å². The van der Waals surface area contributed by atoms with E-state index in [1.165, 1.54) is 0 Å². The van der Waals surface area contributed by atoms with Gasteiger partial charge >= 0.3 is 5.97 Å². The van der Waals surface area contributed by atoms with Crippen LogP contribution in [0.3, 0.4) is 0 Å². The van der Waals surface area contributed by atoms with Crippen LogP contribution in [-0.2, 0) is 14.1 Å². The molecule has 0 amide bonds. The quantitative estimate of drug-likeness (QED) is 0.305. The van der Waals surface area contributed by atoms with Crippen LogP contribution in [0, 0.1) is 0 Å². The normalized spacial score (nSPS) is 12.2. The number of hydrogen-bond acceptors (Lipinski definition) is 3. The van der Waals surface area contributed by atoms with Crippen molar-refractivity contribution in [1.29, 1.82) is 0 Å². The smallest absolute Gasteiger partial charge is 0.333 e. The Kier molecular flexibility index (Phi) is 5.68. The van der Waals surface area contributed by atoms with Crippen LogP contribution >= 0.6 is 8.03 Å². The van der Waals surface area contributed by atoms with Crippen LogP contribution in [0.15, 0.2) is 12.2 Å². The predicted molar refractivity (Wildman–Crippen MR) is 46.5 cm³/mol. The maximum absolute atomic E-state index is 10.7. The molecule has 12 heavy (non-hydrogen) atoms. The molecule has 0 aromatic heterocycles. The van der Waals surface area contributed by atoms with Crippen molar-refractivity contribution in [1.82, 2.24) is 0 Å². The van der Waals surface area contributed by atoms with E-state index in [0.717, 1.165) is 0 Å². The molecule has 0 aromatic rings. The fraction of sp³-hybridized carbons (Fsp3) is 0.571. The Balaban J connectivity index is 3.38. The molecule has 0 rings (SSSR count). The third-order valence-electron chi connectivity index (χ3n) is 1.12. The van der Waals surface area contributed by atoms with E-state index in [1.54, 1.807) is 6.92 Å². The molecule has 0 bridgehead atoms. The highest BCUT2D eigenvalue weighted by molar-refractivity contribution is 7.37. The van der Waals surface area contributed by atoms with Crippen LogP contribution < -0.4 is 0 Å². The van der Waals surface area contributed by atoms with E-state index in [9.17, 15) is 9.36 Å². The van der Waals surface area contributed by atoms with Gasteiger partial charge < -0.3 is 9.63 Å². The molecule has 0 aliphatic heterocycles. The van der Waals surface area contributed by atoms with Crippen LogP contribution in [-0.4, -0.2) is 23.6 Å². The Morgan fingerprint density at radius 1 is 1.67 bits per heavy atom. The van der Waals surface area contributed by atoms with E-state index in [0.29, 0.717) is 12.0 Å². The van der Waals surface area contributed by atoms with Crippen molar-refractivity contribution in [2.24, 2.45) is 0 Å². The topological polar surface area (TPSA) is 63.6 Å². The van der Waals surface area contributed by atoms with Gasteiger partial charge in [-0.3, -0.25) is 4.57 Å². The molecule has 1 unspecified atom stereocenters. The lowest BCUT2D eigenvalue weighted by Crippen LogP contribution is -2.06. The Bertz CT molecular complexity index is 200. The highest BCUT2D eigenvalue weighted by Gasteiger charge is 2.02. The molecule has 0 fully saturated rings. The summed E-state index contributed by atoms with van der Waals surface area (Å²) in [6.45, 7) is 5.13. The number of esters is 1. The maximum atomic E-state index is 10.7. The first-order valence-electron chi connectivity index (χ1n) is 3.58. The van der Waals surface area contributed by atoms with Gasteiger partial charge in [-0.15, -0.1) is 0 Å². The SMILES string of the molecule is C=C(C)C(=O)OCCC[PH](=O)O. The highest BCUT2D eigenvalue weighted by atomic mass is 31.1. The molecule has 1 atom stereocenters. The van der Waals surface area contributed by atoms with Crippen molar-refractivity contribution in [3.8, 4) is 0 Å². The average Bonchev–Trinajstić information content (AvgIpc) is 1.97. The summed E-state index contributed by atoms with van der Waals surface area (Å²) in [4.78, 5) is 19.1. The Morgan fingerprint density at radius 3 is 2.67 bits per heavy atom. The van der Waals surface area contributed by atoms with E-state index in [1.807, 2.05) is 0 Å². The summed E-state index contributed by atoms with van der Waals surface area (Å²) in [5.74, 6) is -0.451. The van der Waals surface area contributed by atoms with Gasteiger partial charge in [0.25, 0.3) is 0 Å². The molecule has 0 radical (unpaired) electrons. The summed E-state index contributed by atoms with van der Waals surface area (Å²) >= 11 is 0. The summed E-state index contributed by atoms with van der Waals surface area (Å²) in [5, 5.41) is 0. The molecule has 4 nitrogen and oxygen atoms in total. The average molecular weight is 192 g/mol. The minimum atomic E-state index is -2.42. The Labute approximate surface area is 72.1 Å². The molecule has 0 saturated carbocycles. The van der Waals surface area contributed by atoms with Crippen molar-refractivity contribution in [3.05, 3.63) is 12.2 Å². The molecule has 0 spiro atoms. The van der Waals surface area contributed by atoms with Gasteiger partial charge in [0.15, 0.2) is 8.03 Å². The second-order valence-electron chi connectivity index (χ2n) is 2.41. The summed E-state index contributed by atoms with van der Waals surface area (Å²) in [6, 6.07) is 0. The number of carbonyl (C=O) groups excluding carboxylic acids is 1. The highest BCUT2D eigenvalue weighted by Crippen LogP contribution is 2.13. The molecule has 0 aliphatic rings. The number of rotatable bonds is 5. The standard InChI is InChI=1S/C7H13O4P/c1-6(2)7(8)11-4-3-5-12(9)10/h12H,1,3-5H2,2H3,(H,9,10). The summed E-state index contributed by atoms with van der Waals surface area (Å²) < 4.78 is 14.9. The molecule has 0 aromatic carbocycles. The van der Waals surface area contributed by atoms with Crippen molar-refractivity contribution >= 4 is 14.0 Å². The van der Waals surface area contributed by atoms with Gasteiger partial charge in [-0.25, -0.2) is 4.79 Å². The van der Waals surface area contributed by atoms with Gasteiger partial charge in [-0.1, -0.05) is 6.58 Å². The van der Waals surface area contributed by atoms with Crippen molar-refractivity contribution in [3.63, 3.8) is 0 Å². The van der Waals surface area contributed by atoms with E-state index in [4.69, 9.17) is 4.89 Å². The predicted octanol–water partition coefficient (Wildman–Crippen LogP) is 0.963. The first kappa shape index (κ1) is 11.4. The monoisotopic (exact) mass is 192 g/mol. The minimum absolute atomic E-state index is 0.183. The second-order valence-corrected chi connectivity index (χ2v) is 3.70. The minimum Gasteiger partial charge on any atom is -0.462 e. The Morgan fingerprint density at radius 2 is 2.25 bits per heavy atom. The second kappa shape index (κ2) is 5.98. The van der Waals surface area contributed by atoms with E-state index >= 15 is 0 Å². The summed E-state index contributed by atoms with van der Waals surface area (Å²) in [5.41, 5.74) is 0.339. The zero-order chi connectivity index (χ0) is 9.56. The van der Waals surface area contributed by atoms with Crippen molar-refractivity contribution in [2.75, 3.05) is 12.8 Å². The number of hydrogen-bond donors (Lipinski definition) is 1. The fourth-order valence-corrected chi connectivity index (χ4v) is 0.958. The molecule has 0 heterocycles. The zero-order valence-electron chi connectivity index (χ0n) is 7.00. The largest absolute Gasteiger partial charge is 0.462 e. The van der Waals surface area contributed by atoms with Crippen LogP contribution in [0.5, 0.6) is 0 Å². The molecule has 0 aliphatic carbocycles. The number of ether oxygens (including phenoxy) is 1. The zero-order valence-corrected chi connectivity index (χ0v) is 8.00. The van der Waals surface area contributed by atoms with Gasteiger partial charge in [-0.05, 0) is 13.3 Å². The van der Waals surface area contributed by atoms with Gasteiger partial charge in [0.2, 0.25) is 0 Å². The first-order chi connectivity index (χ1) is 5.54. The van der Waals surface area contributed by atoms with Crippen LogP contribution in [0.1, 0.15) is 13.3 Å². The fourth-order valence-electron chi connectivity index (χ4n) is 0.511. The van der Waals surface area contributed by atoms with Crippen molar-refractivity contribution in [2.45, 2.75) is 13.3 Å². The van der Waals surface area contributed by atoms with Gasteiger partial charge in [0, 0.05) is 11.7 Å². The lowest BCUT2D eigenvalue weighted by molar-refractivity contribution is -0.138. The molecule has 0 saturated heterocycles. The maximum Gasteiger partial charge on any atom is 0.333 e. The third-order valence-corrected chi connectivity index (χ3v) is 1.90. The van der Waals surface area contributed by atoms with Gasteiger partial charge in [0.05, 0.1) is 6.61 Å².